The van der Waals surface area contributed by atoms with Gasteiger partial charge in [-0.15, -0.1) is 0 Å². The van der Waals surface area contributed by atoms with Crippen LogP contribution in [0, 0.1) is 5.92 Å². The average Bonchev–Trinajstić information content (AvgIpc) is 2.95. The van der Waals surface area contributed by atoms with Crippen LogP contribution in [0.4, 0.5) is 4.39 Å². The lowest BCUT2D eigenvalue weighted by molar-refractivity contribution is -0.171. The Labute approximate surface area is 115 Å². The number of halogens is 1. The van der Waals surface area contributed by atoms with E-state index in [1.165, 1.54) is 0 Å². The second-order valence-electron chi connectivity index (χ2n) is 5.13. The standard InChI is InChI=1S/C14H15FN2O3/c15-12(8-4-2-1-3-5-8)13(18)11-6-10-9(7-16-17-10)14(19)20-11/h1-5,9-13,18H,6-7H2/t9?,10?,11-,12?,13-/m1/s1. The maximum absolute atomic E-state index is 14.3. The fourth-order valence-electron chi connectivity index (χ4n) is 2.64. The van der Waals surface area contributed by atoms with Crippen molar-refractivity contribution in [3.8, 4) is 0 Å². The topological polar surface area (TPSA) is 71.2 Å². The molecule has 0 aliphatic carbocycles. The first-order valence-corrected chi connectivity index (χ1v) is 6.61. The van der Waals surface area contributed by atoms with Crippen LogP contribution in [0.25, 0.3) is 0 Å². The van der Waals surface area contributed by atoms with E-state index >= 15 is 0 Å². The fraction of sp³-hybridized carbons (Fsp3) is 0.500. The first-order valence-electron chi connectivity index (χ1n) is 6.61. The molecule has 5 nitrogen and oxygen atoms in total. The van der Waals surface area contributed by atoms with Gasteiger partial charge in [0.15, 0.2) is 6.17 Å². The monoisotopic (exact) mass is 278 g/mol. The number of alkyl halides is 1. The van der Waals surface area contributed by atoms with E-state index in [9.17, 15) is 14.3 Å². The highest BCUT2D eigenvalue weighted by Gasteiger charge is 2.45. The molecule has 3 rings (SSSR count). The van der Waals surface area contributed by atoms with Gasteiger partial charge in [-0.2, -0.15) is 10.2 Å². The lowest BCUT2D eigenvalue weighted by Gasteiger charge is -2.33. The molecule has 1 N–H and O–H groups in total. The minimum atomic E-state index is -1.59. The Morgan fingerprint density at radius 2 is 2.10 bits per heavy atom. The van der Waals surface area contributed by atoms with Crippen LogP contribution in [0.3, 0.4) is 0 Å². The second kappa shape index (κ2) is 5.28. The lowest BCUT2D eigenvalue weighted by Crippen LogP contribution is -2.46. The van der Waals surface area contributed by atoms with E-state index < -0.39 is 24.3 Å². The summed E-state index contributed by atoms with van der Waals surface area (Å²) >= 11 is 0. The number of nitrogens with zero attached hydrogens (tertiary/aromatic N) is 2. The molecule has 1 aromatic rings. The molecular formula is C14H15FN2O3. The highest BCUT2D eigenvalue weighted by atomic mass is 19.1. The molecule has 0 aromatic heterocycles. The van der Waals surface area contributed by atoms with E-state index in [1.807, 2.05) is 0 Å². The number of cyclic esters (lactones) is 1. The molecule has 0 bridgehead atoms. The molecule has 0 radical (unpaired) electrons. The number of ether oxygens (including phenoxy) is 1. The van der Waals surface area contributed by atoms with E-state index in [1.54, 1.807) is 30.3 Å². The molecule has 3 unspecified atom stereocenters. The van der Waals surface area contributed by atoms with E-state index in [0.717, 1.165) is 0 Å². The maximum Gasteiger partial charge on any atom is 0.313 e. The number of esters is 1. The number of rotatable bonds is 3. The zero-order chi connectivity index (χ0) is 14.1. The predicted octanol–water partition coefficient (Wildman–Crippen LogP) is 1.82. The minimum absolute atomic E-state index is 0.293. The number of hydrogen-bond acceptors (Lipinski definition) is 5. The first-order chi connectivity index (χ1) is 9.66. The Morgan fingerprint density at radius 1 is 1.35 bits per heavy atom. The van der Waals surface area contributed by atoms with Crippen molar-refractivity contribution in [3.63, 3.8) is 0 Å². The largest absolute Gasteiger partial charge is 0.459 e. The molecule has 106 valence electrons. The van der Waals surface area contributed by atoms with Crippen molar-refractivity contribution < 1.29 is 19.0 Å². The van der Waals surface area contributed by atoms with E-state index in [2.05, 4.69) is 10.2 Å². The first kappa shape index (κ1) is 13.2. The highest BCUT2D eigenvalue weighted by Crippen LogP contribution is 2.34. The summed E-state index contributed by atoms with van der Waals surface area (Å²) in [5.74, 6) is -0.816. The van der Waals surface area contributed by atoms with Gasteiger partial charge in [-0.05, 0) is 5.56 Å². The molecule has 2 aliphatic heterocycles. The van der Waals surface area contributed by atoms with E-state index in [0.29, 0.717) is 18.5 Å². The van der Waals surface area contributed by atoms with Crippen molar-refractivity contribution in [2.75, 3.05) is 6.54 Å². The van der Waals surface area contributed by atoms with E-state index in [-0.39, 0.29) is 12.0 Å². The smallest absolute Gasteiger partial charge is 0.313 e. The number of carbonyl (C=O) groups is 1. The Hall–Kier alpha value is -1.82. The summed E-state index contributed by atoms with van der Waals surface area (Å²) in [6, 6.07) is 8.06. The Bertz CT molecular complexity index is 522. The zero-order valence-electron chi connectivity index (χ0n) is 10.7. The molecule has 0 spiro atoms. The molecule has 0 amide bonds. The number of azo groups is 1. The zero-order valence-corrected chi connectivity index (χ0v) is 10.7. The third-order valence-electron chi connectivity index (χ3n) is 3.82. The van der Waals surface area contributed by atoms with E-state index in [4.69, 9.17) is 4.74 Å². The van der Waals surface area contributed by atoms with Gasteiger partial charge in [0, 0.05) is 6.42 Å². The van der Waals surface area contributed by atoms with Gasteiger partial charge in [-0.25, -0.2) is 4.39 Å². The predicted molar refractivity (Wildman–Crippen MR) is 67.8 cm³/mol. The number of aliphatic hydroxyl groups excluding tert-OH is 1. The maximum atomic E-state index is 14.3. The van der Waals surface area contributed by atoms with Gasteiger partial charge < -0.3 is 9.84 Å². The van der Waals surface area contributed by atoms with Crippen molar-refractivity contribution in [2.24, 2.45) is 16.1 Å². The van der Waals surface area contributed by atoms with Gasteiger partial charge in [0.25, 0.3) is 0 Å². The molecule has 2 heterocycles. The third kappa shape index (κ3) is 2.31. The van der Waals surface area contributed by atoms with Crippen LogP contribution in [0.1, 0.15) is 18.2 Å². The van der Waals surface area contributed by atoms with Gasteiger partial charge in [0.05, 0.1) is 12.6 Å². The second-order valence-corrected chi connectivity index (χ2v) is 5.13. The SMILES string of the molecule is O=C1O[C@@H]([C@@H](O)C(F)c2ccccc2)CC2N=NCC12. The third-order valence-corrected chi connectivity index (χ3v) is 3.82. The van der Waals surface area contributed by atoms with Crippen molar-refractivity contribution in [3.05, 3.63) is 35.9 Å². The van der Waals surface area contributed by atoms with Gasteiger partial charge in [0.1, 0.15) is 18.1 Å². The van der Waals surface area contributed by atoms with Gasteiger partial charge in [-0.3, -0.25) is 4.79 Å². The van der Waals surface area contributed by atoms with Crippen molar-refractivity contribution in [2.45, 2.75) is 30.8 Å². The molecule has 0 saturated carbocycles. The number of aliphatic hydroxyl groups is 1. The van der Waals surface area contributed by atoms with Crippen LogP contribution in [0.15, 0.2) is 40.6 Å². The summed E-state index contributed by atoms with van der Waals surface area (Å²) in [7, 11) is 0. The number of benzene rings is 1. The fourth-order valence-corrected chi connectivity index (χ4v) is 2.64. The normalized spacial score (nSPS) is 31.5. The summed E-state index contributed by atoms with van der Waals surface area (Å²) < 4.78 is 19.4. The summed E-state index contributed by atoms with van der Waals surface area (Å²) in [5.41, 5.74) is 0.367. The molecule has 5 atom stereocenters. The molecule has 2 aliphatic rings. The summed E-state index contributed by atoms with van der Waals surface area (Å²) in [6.45, 7) is 0.323. The number of fused-ring (bicyclic) bond motifs is 1. The Morgan fingerprint density at radius 3 is 2.85 bits per heavy atom. The van der Waals surface area contributed by atoms with Crippen LogP contribution in [-0.4, -0.2) is 35.9 Å². The molecule has 1 saturated heterocycles. The number of carbonyl (C=O) groups excluding carboxylic acids is 1. The van der Waals surface area contributed by atoms with Gasteiger partial charge >= 0.3 is 5.97 Å². The van der Waals surface area contributed by atoms with Crippen LogP contribution >= 0.6 is 0 Å². The molecule has 6 heteroatoms. The molecule has 1 fully saturated rings. The van der Waals surface area contributed by atoms with Crippen molar-refractivity contribution in [1.29, 1.82) is 0 Å². The van der Waals surface area contributed by atoms with Crippen LogP contribution in [0.2, 0.25) is 0 Å². The van der Waals surface area contributed by atoms with Crippen LogP contribution in [-0.2, 0) is 9.53 Å². The molecule has 1 aromatic carbocycles. The van der Waals surface area contributed by atoms with Crippen molar-refractivity contribution >= 4 is 5.97 Å². The Balaban J connectivity index is 1.72. The van der Waals surface area contributed by atoms with Crippen molar-refractivity contribution in [1.82, 2.24) is 0 Å². The minimum Gasteiger partial charge on any atom is -0.459 e. The highest BCUT2D eigenvalue weighted by molar-refractivity contribution is 5.75. The molecular weight excluding hydrogens is 263 g/mol. The average molecular weight is 278 g/mol. The Kier molecular flexibility index (Phi) is 3.48. The number of hydrogen-bond donors (Lipinski definition) is 1. The summed E-state index contributed by atoms with van der Waals surface area (Å²) in [4.78, 5) is 11.8. The molecule has 20 heavy (non-hydrogen) atoms. The van der Waals surface area contributed by atoms with Gasteiger partial charge in [0.2, 0.25) is 0 Å². The lowest BCUT2D eigenvalue weighted by atomic mass is 9.89. The van der Waals surface area contributed by atoms with Crippen LogP contribution in [0.5, 0.6) is 0 Å². The van der Waals surface area contributed by atoms with Crippen LogP contribution < -0.4 is 0 Å². The van der Waals surface area contributed by atoms with Gasteiger partial charge in [-0.1, -0.05) is 30.3 Å². The quantitative estimate of drug-likeness (QED) is 0.857. The summed E-state index contributed by atoms with van der Waals surface area (Å²) in [6.07, 6.45) is -3.55. The summed E-state index contributed by atoms with van der Waals surface area (Å²) in [5, 5.41) is 17.9.